The van der Waals surface area contributed by atoms with Crippen molar-refractivity contribution < 1.29 is 23.9 Å². The molecule has 4 amide bonds. The van der Waals surface area contributed by atoms with Crippen molar-refractivity contribution in [1.29, 1.82) is 0 Å². The molecule has 0 saturated heterocycles. The Hall–Kier alpha value is -2.61. The Balaban J connectivity index is 1.72. The lowest BCUT2D eigenvalue weighted by atomic mass is 10.2. The van der Waals surface area contributed by atoms with Gasteiger partial charge in [0, 0.05) is 6.04 Å². The first-order valence-corrected chi connectivity index (χ1v) is 9.07. The second-order valence-electron chi connectivity index (χ2n) is 6.29. The van der Waals surface area contributed by atoms with Crippen LogP contribution in [0.15, 0.2) is 24.3 Å². The number of carbonyl (C=O) groups excluding carboxylic acids is 4. The summed E-state index contributed by atoms with van der Waals surface area (Å²) in [5.41, 5.74) is 0.222. The summed E-state index contributed by atoms with van der Waals surface area (Å²) in [7, 11) is 0. The van der Waals surface area contributed by atoms with E-state index in [9.17, 15) is 19.2 Å². The van der Waals surface area contributed by atoms with Crippen molar-refractivity contribution in [2.45, 2.75) is 44.7 Å². The van der Waals surface area contributed by atoms with Crippen molar-refractivity contribution in [1.82, 2.24) is 16.0 Å². The summed E-state index contributed by atoms with van der Waals surface area (Å²) in [5.74, 6) is -2.09. The van der Waals surface area contributed by atoms with Gasteiger partial charge >= 0.3 is 12.0 Å². The predicted octanol–water partition coefficient (Wildman–Crippen LogP) is 1.77. The van der Waals surface area contributed by atoms with Gasteiger partial charge in [0.25, 0.3) is 11.8 Å². The summed E-state index contributed by atoms with van der Waals surface area (Å²) >= 11 is 5.93. The first-order valence-electron chi connectivity index (χ1n) is 8.69. The number of amides is 4. The average molecular weight is 396 g/mol. The lowest BCUT2D eigenvalue weighted by Gasteiger charge is -2.14. The normalized spacial score (nSPS) is 14.9. The van der Waals surface area contributed by atoms with Crippen molar-refractivity contribution in [3.8, 4) is 0 Å². The highest BCUT2D eigenvalue weighted by Crippen LogP contribution is 2.17. The maximum absolute atomic E-state index is 12.1. The maximum Gasteiger partial charge on any atom is 0.328 e. The van der Waals surface area contributed by atoms with E-state index in [2.05, 4.69) is 16.0 Å². The molecule has 0 aromatic heterocycles. The lowest BCUT2D eigenvalue weighted by molar-refractivity contribution is -0.149. The zero-order valence-corrected chi connectivity index (χ0v) is 15.7. The van der Waals surface area contributed by atoms with Crippen LogP contribution in [0, 0.1) is 0 Å². The number of urea groups is 1. The molecule has 1 saturated carbocycles. The van der Waals surface area contributed by atoms with Gasteiger partial charge in [-0.15, -0.1) is 0 Å². The van der Waals surface area contributed by atoms with Crippen LogP contribution in [0.4, 0.5) is 4.79 Å². The van der Waals surface area contributed by atoms with Crippen LogP contribution >= 0.6 is 11.6 Å². The topological polar surface area (TPSA) is 114 Å². The highest BCUT2D eigenvalue weighted by atomic mass is 35.5. The summed E-state index contributed by atoms with van der Waals surface area (Å²) < 4.78 is 4.82. The van der Waals surface area contributed by atoms with E-state index in [1.54, 1.807) is 18.2 Å². The third-order valence-electron chi connectivity index (χ3n) is 4.11. The summed E-state index contributed by atoms with van der Waals surface area (Å²) in [6.45, 7) is 0.797. The molecule has 3 N–H and O–H groups in total. The van der Waals surface area contributed by atoms with Gasteiger partial charge in [0.15, 0.2) is 6.61 Å². The van der Waals surface area contributed by atoms with Crippen LogP contribution < -0.4 is 16.0 Å². The van der Waals surface area contributed by atoms with Gasteiger partial charge in [0.1, 0.15) is 6.04 Å². The van der Waals surface area contributed by atoms with Crippen molar-refractivity contribution >= 4 is 35.4 Å². The molecular weight excluding hydrogens is 374 g/mol. The summed E-state index contributed by atoms with van der Waals surface area (Å²) in [4.78, 5) is 47.4. The van der Waals surface area contributed by atoms with E-state index >= 15 is 0 Å². The molecule has 2 rings (SSSR count). The third-order valence-corrected chi connectivity index (χ3v) is 4.44. The second-order valence-corrected chi connectivity index (χ2v) is 6.69. The number of carbonyl (C=O) groups is 4. The molecule has 0 bridgehead atoms. The number of nitrogens with one attached hydrogen (secondary N) is 3. The van der Waals surface area contributed by atoms with E-state index in [-0.39, 0.29) is 16.6 Å². The molecule has 1 fully saturated rings. The van der Waals surface area contributed by atoms with E-state index in [1.165, 1.54) is 13.0 Å². The van der Waals surface area contributed by atoms with Gasteiger partial charge in [-0.25, -0.2) is 9.59 Å². The monoisotopic (exact) mass is 395 g/mol. The van der Waals surface area contributed by atoms with Gasteiger partial charge in [0.05, 0.1) is 10.6 Å². The summed E-state index contributed by atoms with van der Waals surface area (Å²) in [6.07, 6.45) is 3.88. The van der Waals surface area contributed by atoms with Crippen molar-refractivity contribution in [2.75, 3.05) is 6.61 Å². The van der Waals surface area contributed by atoms with Crippen LogP contribution in [0.1, 0.15) is 43.0 Å². The Bertz CT molecular complexity index is 719. The molecule has 0 aliphatic heterocycles. The molecule has 146 valence electrons. The molecule has 1 aliphatic rings. The number of hydrogen-bond acceptors (Lipinski definition) is 5. The molecule has 1 aliphatic carbocycles. The Morgan fingerprint density at radius 1 is 1.19 bits per heavy atom. The largest absolute Gasteiger partial charge is 0.454 e. The molecular formula is C18H22ClN3O5. The first kappa shape index (κ1) is 20.7. The van der Waals surface area contributed by atoms with Gasteiger partial charge in [-0.2, -0.15) is 0 Å². The van der Waals surface area contributed by atoms with Gasteiger partial charge in [-0.05, 0) is 31.9 Å². The number of rotatable bonds is 6. The third kappa shape index (κ3) is 6.56. The molecule has 0 heterocycles. The van der Waals surface area contributed by atoms with Crippen molar-refractivity contribution in [3.05, 3.63) is 34.9 Å². The molecule has 0 radical (unpaired) electrons. The Morgan fingerprint density at radius 3 is 2.52 bits per heavy atom. The zero-order valence-electron chi connectivity index (χ0n) is 14.9. The Morgan fingerprint density at radius 2 is 1.85 bits per heavy atom. The minimum absolute atomic E-state index is 0.0698. The summed E-state index contributed by atoms with van der Waals surface area (Å²) in [5, 5.41) is 7.49. The fourth-order valence-electron chi connectivity index (χ4n) is 2.69. The van der Waals surface area contributed by atoms with E-state index < -0.39 is 36.5 Å². The number of benzene rings is 1. The number of esters is 1. The number of ether oxygens (including phenoxy) is 1. The smallest absolute Gasteiger partial charge is 0.328 e. The van der Waals surface area contributed by atoms with E-state index in [4.69, 9.17) is 16.3 Å². The second kappa shape index (κ2) is 9.91. The zero-order chi connectivity index (χ0) is 19.8. The van der Waals surface area contributed by atoms with E-state index in [0.717, 1.165) is 25.7 Å². The predicted molar refractivity (Wildman–Crippen MR) is 98.3 cm³/mol. The molecule has 0 unspecified atom stereocenters. The van der Waals surface area contributed by atoms with Crippen molar-refractivity contribution in [2.24, 2.45) is 0 Å². The number of halogens is 1. The average Bonchev–Trinajstić information content (AvgIpc) is 3.12. The molecule has 1 atom stereocenters. The van der Waals surface area contributed by atoms with Crippen molar-refractivity contribution in [3.63, 3.8) is 0 Å². The summed E-state index contributed by atoms with van der Waals surface area (Å²) in [6, 6.07) is 4.87. The maximum atomic E-state index is 12.1. The van der Waals surface area contributed by atoms with Crippen LogP contribution in [0.3, 0.4) is 0 Å². The minimum atomic E-state index is -0.992. The van der Waals surface area contributed by atoms with Gasteiger partial charge in [-0.1, -0.05) is 36.6 Å². The highest BCUT2D eigenvalue weighted by molar-refractivity contribution is 6.33. The molecule has 1 aromatic rings. The molecule has 0 spiro atoms. The fraction of sp³-hybridized carbons (Fsp3) is 0.444. The number of hydrogen-bond donors (Lipinski definition) is 3. The minimum Gasteiger partial charge on any atom is -0.454 e. The van der Waals surface area contributed by atoms with Gasteiger partial charge in [-0.3, -0.25) is 14.9 Å². The van der Waals surface area contributed by atoms with Crippen LogP contribution in [-0.2, 0) is 14.3 Å². The van der Waals surface area contributed by atoms with Crippen LogP contribution in [0.2, 0.25) is 5.02 Å². The standard InChI is InChI=1S/C18H22ClN3O5/c1-11(20-16(24)13-8-4-5-9-14(13)19)17(25)27-10-15(23)22-18(26)21-12-6-2-3-7-12/h4-5,8-9,11-12H,2-3,6-7,10H2,1H3,(H,20,24)(H2,21,22,23,26)/t11-/m0/s1. The van der Waals surface area contributed by atoms with Crippen LogP contribution in [0.25, 0.3) is 0 Å². The quantitative estimate of drug-likeness (QED) is 0.635. The van der Waals surface area contributed by atoms with Crippen LogP contribution in [-0.4, -0.2) is 42.5 Å². The van der Waals surface area contributed by atoms with Crippen LogP contribution in [0.5, 0.6) is 0 Å². The SMILES string of the molecule is C[C@H](NC(=O)c1ccccc1Cl)C(=O)OCC(=O)NC(=O)NC1CCCC1. The van der Waals surface area contributed by atoms with E-state index in [1.807, 2.05) is 0 Å². The van der Waals surface area contributed by atoms with E-state index in [0.29, 0.717) is 0 Å². The molecule has 1 aromatic carbocycles. The molecule has 27 heavy (non-hydrogen) atoms. The first-order chi connectivity index (χ1) is 12.9. The fourth-order valence-corrected chi connectivity index (χ4v) is 2.92. The molecule has 9 heteroatoms. The molecule has 8 nitrogen and oxygen atoms in total. The Kier molecular flexibility index (Phi) is 7.60. The lowest BCUT2D eigenvalue weighted by Crippen LogP contribution is -2.46. The van der Waals surface area contributed by atoms with Gasteiger partial charge < -0.3 is 15.4 Å². The number of imide groups is 1. The Labute approximate surface area is 162 Å². The highest BCUT2D eigenvalue weighted by Gasteiger charge is 2.21. The van der Waals surface area contributed by atoms with Gasteiger partial charge in [0.2, 0.25) is 0 Å².